The normalized spacial score (nSPS) is 9.15. The van der Waals surface area contributed by atoms with Crippen LogP contribution in [0.15, 0.2) is 12.1 Å². The van der Waals surface area contributed by atoms with Crippen molar-refractivity contribution in [1.82, 2.24) is 0 Å². The third kappa shape index (κ3) is 2.46. The fraction of sp³-hybridized carbons (Fsp3) is 0.200. The molecule has 0 unspecified atom stereocenters. The minimum Gasteiger partial charge on any atom is -0.398 e. The minimum atomic E-state index is -0.364. The topological polar surface area (TPSA) is 26.0 Å². The van der Waals surface area contributed by atoms with Gasteiger partial charge in [-0.25, -0.2) is 4.39 Å². The zero-order valence-corrected chi connectivity index (χ0v) is 8.78. The van der Waals surface area contributed by atoms with Gasteiger partial charge in [0.15, 0.2) is 0 Å². The Balaban J connectivity index is 3.16. The highest BCUT2D eigenvalue weighted by atomic mass is 79.9. The number of hydrogen-bond acceptors (Lipinski definition) is 1. The van der Waals surface area contributed by atoms with Gasteiger partial charge in [0, 0.05) is 5.69 Å². The van der Waals surface area contributed by atoms with Gasteiger partial charge < -0.3 is 5.73 Å². The lowest BCUT2D eigenvalue weighted by molar-refractivity contribution is 0.624. The molecule has 0 spiro atoms. The Morgan fingerprint density at radius 3 is 2.85 bits per heavy atom. The van der Waals surface area contributed by atoms with E-state index in [0.29, 0.717) is 16.6 Å². The van der Waals surface area contributed by atoms with Crippen molar-refractivity contribution in [2.24, 2.45) is 0 Å². The van der Waals surface area contributed by atoms with Gasteiger partial charge in [-0.1, -0.05) is 27.8 Å². The maximum absolute atomic E-state index is 13.2. The van der Waals surface area contributed by atoms with Crippen molar-refractivity contribution in [3.8, 4) is 11.8 Å². The molecule has 68 valence electrons. The first-order valence-electron chi connectivity index (χ1n) is 3.75. The second-order valence-corrected chi connectivity index (χ2v) is 3.18. The maximum Gasteiger partial charge on any atom is 0.140 e. The Kier molecular flexibility index (Phi) is 3.32. The molecule has 1 nitrogen and oxygen atoms in total. The quantitative estimate of drug-likeness (QED) is 0.422. The van der Waals surface area contributed by atoms with Crippen molar-refractivity contribution in [3.05, 3.63) is 29.1 Å². The predicted octanol–water partition coefficient (Wildman–Crippen LogP) is 2.46. The first-order chi connectivity index (χ1) is 6.15. The van der Waals surface area contributed by atoms with Crippen LogP contribution < -0.4 is 5.73 Å². The Morgan fingerprint density at radius 2 is 2.23 bits per heavy atom. The van der Waals surface area contributed by atoms with Gasteiger partial charge in [0.05, 0.1) is 10.9 Å². The zero-order chi connectivity index (χ0) is 9.84. The van der Waals surface area contributed by atoms with Crippen molar-refractivity contribution in [1.29, 1.82) is 0 Å². The highest BCUT2D eigenvalue weighted by Gasteiger charge is 2.02. The van der Waals surface area contributed by atoms with Crippen LogP contribution in [0.25, 0.3) is 0 Å². The van der Waals surface area contributed by atoms with Crippen LogP contribution in [0, 0.1) is 24.6 Å². The largest absolute Gasteiger partial charge is 0.398 e. The van der Waals surface area contributed by atoms with Crippen LogP contribution in [0.5, 0.6) is 0 Å². The van der Waals surface area contributed by atoms with Crippen LogP contribution in [0.1, 0.15) is 11.1 Å². The van der Waals surface area contributed by atoms with Gasteiger partial charge in [-0.3, -0.25) is 0 Å². The second kappa shape index (κ2) is 4.29. The van der Waals surface area contributed by atoms with E-state index in [1.165, 1.54) is 6.07 Å². The number of benzene rings is 1. The van der Waals surface area contributed by atoms with E-state index in [-0.39, 0.29) is 5.82 Å². The third-order valence-corrected chi connectivity index (χ3v) is 1.93. The summed E-state index contributed by atoms with van der Waals surface area (Å²) < 4.78 is 13.2. The third-order valence-electron chi connectivity index (χ3n) is 1.65. The fourth-order valence-corrected chi connectivity index (χ4v) is 1.06. The van der Waals surface area contributed by atoms with Crippen molar-refractivity contribution in [2.75, 3.05) is 11.1 Å². The molecule has 0 amide bonds. The molecule has 3 heteroatoms. The first-order valence-corrected chi connectivity index (χ1v) is 4.87. The molecule has 0 aliphatic heterocycles. The second-order valence-electron chi connectivity index (χ2n) is 2.62. The van der Waals surface area contributed by atoms with Gasteiger partial charge in [0.25, 0.3) is 0 Å². The molecule has 0 saturated heterocycles. The molecule has 0 atom stereocenters. The van der Waals surface area contributed by atoms with E-state index in [0.717, 1.165) is 5.56 Å². The highest BCUT2D eigenvalue weighted by molar-refractivity contribution is 9.09. The standard InChI is InChI=1S/C10H9BrFN/c1-7-5-8(3-2-4-11)9(12)6-10(7)13/h5-6H,4,13H2,1H3. The molecular formula is C10H9BrFN. The first kappa shape index (κ1) is 10.1. The van der Waals surface area contributed by atoms with E-state index >= 15 is 0 Å². The van der Waals surface area contributed by atoms with E-state index in [9.17, 15) is 4.39 Å². The summed E-state index contributed by atoms with van der Waals surface area (Å²) in [4.78, 5) is 0. The van der Waals surface area contributed by atoms with Gasteiger partial charge in [0.2, 0.25) is 0 Å². The van der Waals surface area contributed by atoms with Gasteiger partial charge in [-0.15, -0.1) is 0 Å². The Hall–Kier alpha value is -1.01. The molecule has 0 bridgehead atoms. The van der Waals surface area contributed by atoms with Gasteiger partial charge in [-0.05, 0) is 24.6 Å². The molecule has 0 aliphatic rings. The molecule has 13 heavy (non-hydrogen) atoms. The lowest BCUT2D eigenvalue weighted by Crippen LogP contribution is -1.93. The van der Waals surface area contributed by atoms with Crippen LogP contribution in [0.2, 0.25) is 0 Å². The van der Waals surface area contributed by atoms with Crippen LogP contribution in [-0.4, -0.2) is 5.33 Å². The molecule has 0 heterocycles. The highest BCUT2D eigenvalue weighted by Crippen LogP contribution is 2.16. The minimum absolute atomic E-state index is 0.364. The fourth-order valence-electron chi connectivity index (χ4n) is 0.921. The SMILES string of the molecule is Cc1cc(C#CCBr)c(F)cc1N. The molecule has 1 aromatic rings. The lowest BCUT2D eigenvalue weighted by atomic mass is 10.1. The number of halogens is 2. The molecule has 0 aromatic heterocycles. The van der Waals surface area contributed by atoms with Gasteiger partial charge in [-0.2, -0.15) is 0 Å². The molecule has 0 aliphatic carbocycles. The number of hydrogen-bond donors (Lipinski definition) is 1. The summed E-state index contributed by atoms with van der Waals surface area (Å²) in [7, 11) is 0. The van der Waals surface area contributed by atoms with Crippen LogP contribution in [-0.2, 0) is 0 Å². The van der Waals surface area contributed by atoms with Crippen LogP contribution >= 0.6 is 15.9 Å². The summed E-state index contributed by atoms with van der Waals surface area (Å²) in [5, 5.41) is 0.538. The molecule has 0 fully saturated rings. The zero-order valence-electron chi connectivity index (χ0n) is 7.20. The molecule has 1 aromatic carbocycles. The van der Waals surface area contributed by atoms with Crippen molar-refractivity contribution >= 4 is 21.6 Å². The smallest absolute Gasteiger partial charge is 0.140 e. The summed E-state index contributed by atoms with van der Waals surface area (Å²) >= 11 is 3.14. The van der Waals surface area contributed by atoms with Gasteiger partial charge >= 0.3 is 0 Å². The summed E-state index contributed by atoms with van der Waals surface area (Å²) in [5.74, 6) is 5.08. The molecule has 0 radical (unpaired) electrons. The number of alkyl halides is 1. The number of aryl methyl sites for hydroxylation is 1. The van der Waals surface area contributed by atoms with E-state index in [1.54, 1.807) is 6.07 Å². The predicted molar refractivity (Wildman–Crippen MR) is 56.2 cm³/mol. The summed E-state index contributed by atoms with van der Waals surface area (Å²) in [6, 6.07) is 2.95. The lowest BCUT2D eigenvalue weighted by Gasteiger charge is -2.01. The monoisotopic (exact) mass is 241 g/mol. The number of rotatable bonds is 0. The molecule has 2 N–H and O–H groups in total. The maximum atomic E-state index is 13.2. The van der Waals surface area contributed by atoms with E-state index in [1.807, 2.05) is 6.92 Å². The number of nitrogen functional groups attached to an aromatic ring is 1. The van der Waals surface area contributed by atoms with Crippen molar-refractivity contribution < 1.29 is 4.39 Å². The molecular weight excluding hydrogens is 233 g/mol. The number of nitrogens with two attached hydrogens (primary N) is 1. The van der Waals surface area contributed by atoms with Crippen molar-refractivity contribution in [2.45, 2.75) is 6.92 Å². The number of anilines is 1. The van der Waals surface area contributed by atoms with E-state index < -0.39 is 0 Å². The Labute approximate surface area is 85.3 Å². The Morgan fingerprint density at radius 1 is 1.54 bits per heavy atom. The van der Waals surface area contributed by atoms with E-state index in [4.69, 9.17) is 5.73 Å². The van der Waals surface area contributed by atoms with Crippen molar-refractivity contribution in [3.63, 3.8) is 0 Å². The summed E-state index contributed by atoms with van der Waals surface area (Å²) in [6.45, 7) is 1.83. The molecule has 1 rings (SSSR count). The average Bonchev–Trinajstić information content (AvgIpc) is 2.09. The Bertz CT molecular complexity index is 376. The summed E-state index contributed by atoms with van der Waals surface area (Å²) in [5.41, 5.74) is 7.22. The van der Waals surface area contributed by atoms with Gasteiger partial charge in [0.1, 0.15) is 5.82 Å². The van der Waals surface area contributed by atoms with Crippen LogP contribution in [0.4, 0.5) is 10.1 Å². The average molecular weight is 242 g/mol. The summed E-state index contributed by atoms with van der Waals surface area (Å²) in [6.07, 6.45) is 0. The van der Waals surface area contributed by atoms with Crippen LogP contribution in [0.3, 0.4) is 0 Å². The molecule has 0 saturated carbocycles. The van der Waals surface area contributed by atoms with E-state index in [2.05, 4.69) is 27.8 Å².